The van der Waals surface area contributed by atoms with E-state index in [4.69, 9.17) is 16.3 Å². The van der Waals surface area contributed by atoms with Gasteiger partial charge in [0.05, 0.1) is 30.6 Å². The minimum Gasteiger partial charge on any atom is -0.379 e. The lowest BCUT2D eigenvalue weighted by Crippen LogP contribution is -2.41. The van der Waals surface area contributed by atoms with Crippen LogP contribution in [0.4, 0.5) is 5.95 Å². The van der Waals surface area contributed by atoms with Crippen molar-refractivity contribution in [2.45, 2.75) is 32.7 Å². The number of benzene rings is 1. The van der Waals surface area contributed by atoms with E-state index in [0.717, 1.165) is 55.6 Å². The first-order chi connectivity index (χ1) is 12.7. The second-order valence-electron chi connectivity index (χ2n) is 6.33. The van der Waals surface area contributed by atoms with Crippen LogP contribution in [0.1, 0.15) is 36.8 Å². The van der Waals surface area contributed by atoms with Gasteiger partial charge in [-0.15, -0.1) is 5.10 Å². The molecule has 1 unspecified atom stereocenters. The van der Waals surface area contributed by atoms with Crippen molar-refractivity contribution in [2.75, 3.05) is 38.2 Å². The highest BCUT2D eigenvalue weighted by Crippen LogP contribution is 2.24. The molecule has 1 aliphatic rings. The monoisotopic (exact) mass is 375 g/mol. The van der Waals surface area contributed by atoms with Gasteiger partial charge in [-0.3, -0.25) is 4.90 Å². The lowest BCUT2D eigenvalue weighted by molar-refractivity contribution is 0.0187. The van der Waals surface area contributed by atoms with Crippen LogP contribution < -0.4 is 5.32 Å². The number of rotatable bonds is 7. The van der Waals surface area contributed by atoms with E-state index in [1.54, 1.807) is 0 Å². The van der Waals surface area contributed by atoms with E-state index in [2.05, 4.69) is 51.4 Å². The fourth-order valence-corrected chi connectivity index (χ4v) is 3.36. The van der Waals surface area contributed by atoms with E-state index in [-0.39, 0.29) is 6.04 Å². The number of hydrogen-bond acceptors (Lipinski definition) is 6. The summed E-state index contributed by atoms with van der Waals surface area (Å²) >= 11 is 6.06. The molecule has 0 radical (unpaired) electrons. The van der Waals surface area contributed by atoms with Crippen molar-refractivity contribution in [3.05, 3.63) is 46.2 Å². The standard InChI is InChI=1S/C19H26ClN5O/c1-3-16-17(4-2)23-24-19(22-16)21-13-18(25-9-11-26-12-10-25)14-5-7-15(20)8-6-14/h5-8,18H,3-4,9-13H2,1-2H3,(H,21,22,24). The maximum Gasteiger partial charge on any atom is 0.243 e. The van der Waals surface area contributed by atoms with Crippen molar-refractivity contribution in [1.82, 2.24) is 20.1 Å². The number of anilines is 1. The molecule has 1 aromatic carbocycles. The highest BCUT2D eigenvalue weighted by Gasteiger charge is 2.23. The first kappa shape index (κ1) is 19.0. The molecule has 2 heterocycles. The van der Waals surface area contributed by atoms with Crippen LogP contribution in [0.5, 0.6) is 0 Å². The van der Waals surface area contributed by atoms with Gasteiger partial charge in [0.2, 0.25) is 5.95 Å². The number of ether oxygens (including phenoxy) is 1. The van der Waals surface area contributed by atoms with Crippen LogP contribution >= 0.6 is 11.6 Å². The summed E-state index contributed by atoms with van der Waals surface area (Å²) in [5.74, 6) is 0.589. The highest BCUT2D eigenvalue weighted by atomic mass is 35.5. The molecule has 1 atom stereocenters. The van der Waals surface area contributed by atoms with E-state index < -0.39 is 0 Å². The molecule has 1 saturated heterocycles. The van der Waals surface area contributed by atoms with Crippen LogP contribution in [-0.2, 0) is 17.6 Å². The Balaban J connectivity index is 1.76. The molecule has 3 rings (SSSR count). The Morgan fingerprint density at radius 3 is 2.42 bits per heavy atom. The summed E-state index contributed by atoms with van der Waals surface area (Å²) in [5.41, 5.74) is 3.21. The van der Waals surface area contributed by atoms with Gasteiger partial charge in [-0.2, -0.15) is 5.10 Å². The number of nitrogens with zero attached hydrogens (tertiary/aromatic N) is 4. The Morgan fingerprint density at radius 1 is 1.08 bits per heavy atom. The second kappa shape index (κ2) is 9.26. The molecule has 0 bridgehead atoms. The molecule has 0 spiro atoms. The zero-order chi connectivity index (χ0) is 18.4. The lowest BCUT2D eigenvalue weighted by Gasteiger charge is -2.35. The molecule has 1 N–H and O–H groups in total. The maximum absolute atomic E-state index is 6.06. The van der Waals surface area contributed by atoms with Crippen molar-refractivity contribution in [1.29, 1.82) is 0 Å². The SMILES string of the molecule is CCc1nnc(NCC(c2ccc(Cl)cc2)N2CCOCC2)nc1CC. The van der Waals surface area contributed by atoms with Gasteiger partial charge in [0.15, 0.2) is 0 Å². The van der Waals surface area contributed by atoms with Gasteiger partial charge in [0.25, 0.3) is 0 Å². The average Bonchev–Trinajstić information content (AvgIpc) is 2.70. The smallest absolute Gasteiger partial charge is 0.243 e. The van der Waals surface area contributed by atoms with Crippen molar-refractivity contribution >= 4 is 17.5 Å². The Labute approximate surface area is 159 Å². The van der Waals surface area contributed by atoms with E-state index in [1.807, 2.05) is 12.1 Å². The fourth-order valence-electron chi connectivity index (χ4n) is 3.23. The molecular weight excluding hydrogens is 350 g/mol. The van der Waals surface area contributed by atoms with Crippen molar-refractivity contribution in [3.63, 3.8) is 0 Å². The van der Waals surface area contributed by atoms with Crippen LogP contribution in [-0.4, -0.2) is 52.9 Å². The number of halogens is 1. The molecule has 6 nitrogen and oxygen atoms in total. The van der Waals surface area contributed by atoms with Gasteiger partial charge in [0.1, 0.15) is 0 Å². The minimum absolute atomic E-state index is 0.204. The Hall–Kier alpha value is -1.76. The predicted octanol–water partition coefficient (Wildman–Crippen LogP) is 3.14. The topological polar surface area (TPSA) is 63.2 Å². The average molecular weight is 376 g/mol. The molecule has 26 heavy (non-hydrogen) atoms. The number of aryl methyl sites for hydroxylation is 2. The van der Waals surface area contributed by atoms with Gasteiger partial charge in [-0.1, -0.05) is 37.6 Å². The van der Waals surface area contributed by atoms with Crippen molar-refractivity contribution < 1.29 is 4.74 Å². The van der Waals surface area contributed by atoms with Crippen molar-refractivity contribution in [3.8, 4) is 0 Å². The summed E-state index contributed by atoms with van der Waals surface area (Å²) in [6.07, 6.45) is 1.71. The zero-order valence-corrected chi connectivity index (χ0v) is 16.2. The fraction of sp³-hybridized carbons (Fsp3) is 0.526. The molecule has 1 aliphatic heterocycles. The molecule has 1 aromatic heterocycles. The third-order valence-corrected chi connectivity index (χ3v) is 4.96. The highest BCUT2D eigenvalue weighted by molar-refractivity contribution is 6.30. The van der Waals surface area contributed by atoms with Gasteiger partial charge >= 0.3 is 0 Å². The molecule has 0 amide bonds. The lowest BCUT2D eigenvalue weighted by atomic mass is 10.0. The second-order valence-corrected chi connectivity index (χ2v) is 6.77. The summed E-state index contributed by atoms with van der Waals surface area (Å²) < 4.78 is 5.51. The summed E-state index contributed by atoms with van der Waals surface area (Å²) in [7, 11) is 0. The molecule has 7 heteroatoms. The third-order valence-electron chi connectivity index (χ3n) is 4.70. The minimum atomic E-state index is 0.204. The van der Waals surface area contributed by atoms with E-state index in [1.165, 1.54) is 5.56 Å². The number of morpholine rings is 1. The van der Waals surface area contributed by atoms with Gasteiger partial charge < -0.3 is 10.1 Å². The van der Waals surface area contributed by atoms with E-state index in [0.29, 0.717) is 12.5 Å². The van der Waals surface area contributed by atoms with Gasteiger partial charge in [-0.05, 0) is 30.5 Å². The molecule has 2 aromatic rings. The van der Waals surface area contributed by atoms with E-state index >= 15 is 0 Å². The predicted molar refractivity (Wildman–Crippen MR) is 104 cm³/mol. The van der Waals surface area contributed by atoms with Crippen LogP contribution in [0, 0.1) is 0 Å². The summed E-state index contributed by atoms with van der Waals surface area (Å²) in [6, 6.07) is 8.25. The number of hydrogen-bond donors (Lipinski definition) is 1. The molecule has 140 valence electrons. The number of nitrogens with one attached hydrogen (secondary N) is 1. The van der Waals surface area contributed by atoms with Crippen LogP contribution in [0.3, 0.4) is 0 Å². The Morgan fingerprint density at radius 2 is 1.77 bits per heavy atom. The molecule has 0 aliphatic carbocycles. The summed E-state index contributed by atoms with van der Waals surface area (Å²) in [5, 5.41) is 12.7. The summed E-state index contributed by atoms with van der Waals surface area (Å²) in [6.45, 7) is 8.20. The number of aromatic nitrogens is 3. The van der Waals surface area contributed by atoms with Crippen LogP contribution in [0.2, 0.25) is 5.02 Å². The molecule has 0 saturated carbocycles. The van der Waals surface area contributed by atoms with Crippen LogP contribution in [0.15, 0.2) is 24.3 Å². The van der Waals surface area contributed by atoms with Gasteiger partial charge in [-0.25, -0.2) is 4.98 Å². The van der Waals surface area contributed by atoms with Crippen LogP contribution in [0.25, 0.3) is 0 Å². The van der Waals surface area contributed by atoms with Crippen molar-refractivity contribution in [2.24, 2.45) is 0 Å². The zero-order valence-electron chi connectivity index (χ0n) is 15.4. The Bertz CT molecular complexity index is 704. The maximum atomic E-state index is 6.06. The molecule has 1 fully saturated rings. The van der Waals surface area contributed by atoms with Gasteiger partial charge in [0, 0.05) is 24.7 Å². The summed E-state index contributed by atoms with van der Waals surface area (Å²) in [4.78, 5) is 7.06. The third kappa shape index (κ3) is 4.69. The molecular formula is C19H26ClN5O. The Kier molecular flexibility index (Phi) is 6.77. The first-order valence-corrected chi connectivity index (χ1v) is 9.62. The first-order valence-electron chi connectivity index (χ1n) is 9.24. The van der Waals surface area contributed by atoms with E-state index in [9.17, 15) is 0 Å². The normalized spacial score (nSPS) is 16.4. The largest absolute Gasteiger partial charge is 0.379 e. The quantitative estimate of drug-likeness (QED) is 0.802.